The molecule has 1 aliphatic carbocycles. The van der Waals surface area contributed by atoms with Crippen LogP contribution in [0.5, 0.6) is 0 Å². The molecule has 1 fully saturated rings. The van der Waals surface area contributed by atoms with Crippen molar-refractivity contribution in [1.29, 1.82) is 0 Å². The van der Waals surface area contributed by atoms with Gasteiger partial charge in [0.05, 0.1) is 0 Å². The van der Waals surface area contributed by atoms with Gasteiger partial charge in [-0.15, -0.1) is 11.3 Å². The van der Waals surface area contributed by atoms with Crippen molar-refractivity contribution in [3.63, 3.8) is 0 Å². The maximum absolute atomic E-state index is 4.26. The summed E-state index contributed by atoms with van der Waals surface area (Å²) < 4.78 is 0. The second kappa shape index (κ2) is 3.76. The lowest BCUT2D eigenvalue weighted by Gasteiger charge is -2.24. The minimum atomic E-state index is 0.381. The van der Waals surface area contributed by atoms with E-state index in [0.717, 1.165) is 6.54 Å². The molecule has 0 unspecified atom stereocenters. The molecule has 0 atom stereocenters. The molecule has 1 heterocycles. The Morgan fingerprint density at radius 3 is 2.92 bits per heavy atom. The summed E-state index contributed by atoms with van der Waals surface area (Å²) in [6.45, 7) is 3.27. The summed E-state index contributed by atoms with van der Waals surface area (Å²) in [5, 5.41) is 6.85. The molecule has 0 aromatic carbocycles. The molecule has 1 saturated carbocycles. The van der Waals surface area contributed by atoms with Gasteiger partial charge in [0, 0.05) is 23.7 Å². The van der Waals surface area contributed by atoms with Crippen LogP contribution in [0.2, 0.25) is 0 Å². The molecule has 0 radical (unpaired) electrons. The van der Waals surface area contributed by atoms with Crippen molar-refractivity contribution in [2.75, 3.05) is 0 Å². The zero-order chi connectivity index (χ0) is 9.15. The SMILES string of the molecule is CC1(NCc2nccs2)CCCC1. The van der Waals surface area contributed by atoms with E-state index in [1.165, 1.54) is 30.7 Å². The van der Waals surface area contributed by atoms with E-state index < -0.39 is 0 Å². The van der Waals surface area contributed by atoms with Crippen LogP contribution in [0.15, 0.2) is 11.6 Å². The highest BCUT2D eigenvalue weighted by Crippen LogP contribution is 2.29. The van der Waals surface area contributed by atoms with E-state index in [4.69, 9.17) is 0 Å². The van der Waals surface area contributed by atoms with E-state index in [1.54, 1.807) is 11.3 Å². The molecular weight excluding hydrogens is 180 g/mol. The Bertz CT molecular complexity index is 250. The Balaban J connectivity index is 1.85. The minimum absolute atomic E-state index is 0.381. The van der Waals surface area contributed by atoms with Crippen LogP contribution in [0, 0.1) is 0 Å². The standard InChI is InChI=1S/C10H16N2S/c1-10(4-2-3-5-10)12-8-9-11-6-7-13-9/h6-7,12H,2-5,8H2,1H3. The molecule has 1 aliphatic rings. The first-order chi connectivity index (χ1) is 6.29. The second-order valence-electron chi connectivity index (χ2n) is 4.05. The first-order valence-electron chi connectivity index (χ1n) is 4.92. The number of hydrogen-bond donors (Lipinski definition) is 1. The van der Waals surface area contributed by atoms with Gasteiger partial charge < -0.3 is 5.32 Å². The van der Waals surface area contributed by atoms with Crippen LogP contribution < -0.4 is 5.32 Å². The maximum atomic E-state index is 4.26. The molecule has 13 heavy (non-hydrogen) atoms. The first-order valence-corrected chi connectivity index (χ1v) is 5.80. The molecule has 0 spiro atoms. The molecule has 2 nitrogen and oxygen atoms in total. The lowest BCUT2D eigenvalue weighted by Crippen LogP contribution is -2.38. The molecular formula is C10H16N2S. The van der Waals surface area contributed by atoms with Gasteiger partial charge in [0.25, 0.3) is 0 Å². The normalized spacial score (nSPS) is 20.7. The van der Waals surface area contributed by atoms with Gasteiger partial charge in [0.2, 0.25) is 0 Å². The van der Waals surface area contributed by atoms with Crippen molar-refractivity contribution < 1.29 is 0 Å². The number of hydrogen-bond acceptors (Lipinski definition) is 3. The Morgan fingerprint density at radius 2 is 2.31 bits per heavy atom. The average Bonchev–Trinajstić information content (AvgIpc) is 2.72. The third kappa shape index (κ3) is 2.29. The molecule has 72 valence electrons. The van der Waals surface area contributed by atoms with Crippen LogP contribution in [0.25, 0.3) is 0 Å². The summed E-state index contributed by atoms with van der Waals surface area (Å²) in [6.07, 6.45) is 7.26. The van der Waals surface area contributed by atoms with Crippen LogP contribution >= 0.6 is 11.3 Å². The summed E-state index contributed by atoms with van der Waals surface area (Å²) >= 11 is 1.73. The van der Waals surface area contributed by atoms with Gasteiger partial charge in [-0.1, -0.05) is 12.8 Å². The molecule has 3 heteroatoms. The van der Waals surface area contributed by atoms with Crippen LogP contribution in [-0.4, -0.2) is 10.5 Å². The Hall–Kier alpha value is -0.410. The van der Waals surface area contributed by atoms with Gasteiger partial charge >= 0.3 is 0 Å². The Morgan fingerprint density at radius 1 is 1.54 bits per heavy atom. The summed E-state index contributed by atoms with van der Waals surface area (Å²) in [5.41, 5.74) is 0.381. The van der Waals surface area contributed by atoms with Crippen LogP contribution in [-0.2, 0) is 6.54 Å². The van der Waals surface area contributed by atoms with E-state index in [-0.39, 0.29) is 0 Å². The van der Waals surface area contributed by atoms with Crippen molar-refractivity contribution in [1.82, 2.24) is 10.3 Å². The predicted molar refractivity (Wildman–Crippen MR) is 55.8 cm³/mol. The van der Waals surface area contributed by atoms with E-state index in [2.05, 4.69) is 17.2 Å². The summed E-state index contributed by atoms with van der Waals surface area (Å²) in [5.74, 6) is 0. The highest BCUT2D eigenvalue weighted by Gasteiger charge is 2.27. The lowest BCUT2D eigenvalue weighted by molar-refractivity contribution is 0.362. The van der Waals surface area contributed by atoms with E-state index in [1.807, 2.05) is 11.6 Å². The van der Waals surface area contributed by atoms with Gasteiger partial charge in [0.15, 0.2) is 0 Å². The number of nitrogens with one attached hydrogen (secondary N) is 1. The smallest absolute Gasteiger partial charge is 0.106 e. The topological polar surface area (TPSA) is 24.9 Å². The zero-order valence-electron chi connectivity index (χ0n) is 8.05. The molecule has 0 bridgehead atoms. The fourth-order valence-electron chi connectivity index (χ4n) is 1.96. The molecule has 1 aromatic rings. The lowest BCUT2D eigenvalue weighted by atomic mass is 10.0. The third-order valence-electron chi connectivity index (χ3n) is 2.86. The Labute approximate surface area is 83.4 Å². The fourth-order valence-corrected chi connectivity index (χ4v) is 2.52. The van der Waals surface area contributed by atoms with Crippen LogP contribution in [0.3, 0.4) is 0 Å². The van der Waals surface area contributed by atoms with Gasteiger partial charge in [-0.05, 0) is 19.8 Å². The zero-order valence-corrected chi connectivity index (χ0v) is 8.86. The fraction of sp³-hybridized carbons (Fsp3) is 0.700. The molecule has 0 aliphatic heterocycles. The van der Waals surface area contributed by atoms with Gasteiger partial charge in [-0.2, -0.15) is 0 Å². The largest absolute Gasteiger partial charge is 0.305 e. The van der Waals surface area contributed by atoms with E-state index >= 15 is 0 Å². The number of rotatable bonds is 3. The number of aromatic nitrogens is 1. The van der Waals surface area contributed by atoms with Crippen molar-refractivity contribution >= 4 is 11.3 Å². The van der Waals surface area contributed by atoms with Gasteiger partial charge in [0.1, 0.15) is 5.01 Å². The second-order valence-corrected chi connectivity index (χ2v) is 5.03. The van der Waals surface area contributed by atoms with Crippen LogP contribution in [0.4, 0.5) is 0 Å². The van der Waals surface area contributed by atoms with Crippen molar-refractivity contribution in [2.45, 2.75) is 44.7 Å². The predicted octanol–water partition coefficient (Wildman–Crippen LogP) is 2.57. The molecule has 0 saturated heterocycles. The average molecular weight is 196 g/mol. The molecule has 2 rings (SSSR count). The van der Waals surface area contributed by atoms with Crippen molar-refractivity contribution in [3.05, 3.63) is 16.6 Å². The molecule has 1 aromatic heterocycles. The highest BCUT2D eigenvalue weighted by molar-refractivity contribution is 7.09. The first kappa shape index (κ1) is 9.16. The third-order valence-corrected chi connectivity index (χ3v) is 3.64. The van der Waals surface area contributed by atoms with Crippen LogP contribution in [0.1, 0.15) is 37.6 Å². The minimum Gasteiger partial charge on any atom is -0.305 e. The summed E-state index contributed by atoms with van der Waals surface area (Å²) in [7, 11) is 0. The number of nitrogens with zero attached hydrogens (tertiary/aromatic N) is 1. The monoisotopic (exact) mass is 196 g/mol. The van der Waals surface area contributed by atoms with Gasteiger partial charge in [-0.3, -0.25) is 0 Å². The quantitative estimate of drug-likeness (QED) is 0.803. The Kier molecular flexibility index (Phi) is 2.65. The van der Waals surface area contributed by atoms with Crippen molar-refractivity contribution in [2.24, 2.45) is 0 Å². The van der Waals surface area contributed by atoms with E-state index in [0.29, 0.717) is 5.54 Å². The summed E-state index contributed by atoms with van der Waals surface area (Å²) in [6, 6.07) is 0. The maximum Gasteiger partial charge on any atom is 0.106 e. The van der Waals surface area contributed by atoms with E-state index in [9.17, 15) is 0 Å². The summed E-state index contributed by atoms with van der Waals surface area (Å²) in [4.78, 5) is 4.26. The molecule has 0 amide bonds. The molecule has 1 N–H and O–H groups in total. The van der Waals surface area contributed by atoms with Crippen molar-refractivity contribution in [3.8, 4) is 0 Å². The highest BCUT2D eigenvalue weighted by atomic mass is 32.1. The van der Waals surface area contributed by atoms with Gasteiger partial charge in [-0.25, -0.2) is 4.98 Å². The number of thiazole rings is 1.